The number of anilines is 1. The van der Waals surface area contributed by atoms with Crippen LogP contribution in [0, 0.1) is 5.92 Å². The van der Waals surface area contributed by atoms with Crippen molar-refractivity contribution in [3.8, 4) is 0 Å². The second-order valence-electron chi connectivity index (χ2n) is 4.50. The number of benzene rings is 1. The summed E-state index contributed by atoms with van der Waals surface area (Å²) in [5.74, 6) is 0.151. The number of carbonyl (C=O) groups is 1. The molecule has 0 spiro atoms. The topological polar surface area (TPSA) is 58.2 Å². The van der Waals surface area contributed by atoms with Crippen molar-refractivity contribution in [1.29, 1.82) is 0 Å². The summed E-state index contributed by atoms with van der Waals surface area (Å²) in [5, 5.41) is 6.14. The van der Waals surface area contributed by atoms with Crippen LogP contribution in [0.5, 0.6) is 0 Å². The molecule has 106 valence electrons. The number of carbonyl (C=O) groups excluding carboxylic acids is 1. The Morgan fingerprint density at radius 1 is 1.37 bits per heavy atom. The Balaban J connectivity index is 0.00000180. The van der Waals surface area contributed by atoms with E-state index in [0.29, 0.717) is 0 Å². The maximum atomic E-state index is 12.0. The van der Waals surface area contributed by atoms with Gasteiger partial charge in [-0.15, -0.1) is 12.4 Å². The molecule has 1 aromatic rings. The third-order valence-electron chi connectivity index (χ3n) is 3.14. The Morgan fingerprint density at radius 3 is 2.68 bits per heavy atom. The summed E-state index contributed by atoms with van der Waals surface area (Å²) >= 11 is 0. The van der Waals surface area contributed by atoms with Gasteiger partial charge in [0.05, 0.1) is 0 Å². The van der Waals surface area contributed by atoms with Crippen molar-refractivity contribution in [3.63, 3.8) is 0 Å². The lowest BCUT2D eigenvalue weighted by Gasteiger charge is -2.21. The molecule has 1 aliphatic heterocycles. The SMILES string of the molecule is CS(=O)c1cccc(NC(=O)C2CCNCC2)c1.Cl. The lowest BCUT2D eigenvalue weighted by molar-refractivity contribution is -0.120. The van der Waals surface area contributed by atoms with Crippen molar-refractivity contribution in [2.24, 2.45) is 5.92 Å². The summed E-state index contributed by atoms with van der Waals surface area (Å²) in [5.41, 5.74) is 0.728. The van der Waals surface area contributed by atoms with Crippen LogP contribution < -0.4 is 10.6 Å². The largest absolute Gasteiger partial charge is 0.326 e. The van der Waals surface area contributed by atoms with E-state index >= 15 is 0 Å². The molecule has 19 heavy (non-hydrogen) atoms. The van der Waals surface area contributed by atoms with E-state index < -0.39 is 10.8 Å². The first-order valence-electron chi connectivity index (χ1n) is 6.12. The molecule has 6 heteroatoms. The highest BCUT2D eigenvalue weighted by Crippen LogP contribution is 2.17. The molecule has 0 bridgehead atoms. The summed E-state index contributed by atoms with van der Waals surface area (Å²) in [6.45, 7) is 1.80. The third kappa shape index (κ3) is 4.60. The number of halogens is 1. The van der Waals surface area contributed by atoms with Crippen LogP contribution in [0.2, 0.25) is 0 Å². The molecule has 4 nitrogen and oxygen atoms in total. The Kier molecular flexibility index (Phi) is 6.48. The van der Waals surface area contributed by atoms with Gasteiger partial charge in [0.15, 0.2) is 0 Å². The van der Waals surface area contributed by atoms with Gasteiger partial charge in [-0.3, -0.25) is 9.00 Å². The highest BCUT2D eigenvalue weighted by Gasteiger charge is 2.20. The fraction of sp³-hybridized carbons (Fsp3) is 0.462. The molecule has 1 unspecified atom stereocenters. The van der Waals surface area contributed by atoms with Crippen molar-refractivity contribution in [2.45, 2.75) is 17.7 Å². The number of nitrogens with one attached hydrogen (secondary N) is 2. The second kappa shape index (κ2) is 7.62. The van der Waals surface area contributed by atoms with Gasteiger partial charge in [-0.05, 0) is 44.1 Å². The smallest absolute Gasteiger partial charge is 0.227 e. The molecule has 1 amide bonds. The number of hydrogen-bond donors (Lipinski definition) is 2. The van der Waals surface area contributed by atoms with Crippen LogP contribution in [0.3, 0.4) is 0 Å². The van der Waals surface area contributed by atoms with Crippen LogP contribution in [0.15, 0.2) is 29.2 Å². The first-order valence-corrected chi connectivity index (χ1v) is 7.67. The zero-order valence-corrected chi connectivity index (χ0v) is 12.5. The molecule has 1 saturated heterocycles. The predicted molar refractivity (Wildman–Crippen MR) is 80.2 cm³/mol. The van der Waals surface area contributed by atoms with E-state index in [9.17, 15) is 9.00 Å². The van der Waals surface area contributed by atoms with Crippen LogP contribution in [0.25, 0.3) is 0 Å². The molecule has 0 saturated carbocycles. The molecular formula is C13H19ClN2O2S. The summed E-state index contributed by atoms with van der Waals surface area (Å²) in [6, 6.07) is 7.22. The van der Waals surface area contributed by atoms with Crippen LogP contribution in [-0.4, -0.2) is 29.5 Å². The van der Waals surface area contributed by atoms with E-state index in [1.165, 1.54) is 0 Å². The minimum atomic E-state index is -1.02. The molecule has 1 aliphatic rings. The lowest BCUT2D eigenvalue weighted by atomic mass is 9.97. The van der Waals surface area contributed by atoms with Gasteiger partial charge >= 0.3 is 0 Å². The molecular weight excluding hydrogens is 284 g/mol. The normalized spacial score (nSPS) is 17.3. The van der Waals surface area contributed by atoms with Crippen LogP contribution in [0.4, 0.5) is 5.69 Å². The van der Waals surface area contributed by atoms with Gasteiger partial charge in [0.2, 0.25) is 5.91 Å². The number of rotatable bonds is 3. The minimum absolute atomic E-state index is 0. The van der Waals surface area contributed by atoms with Crippen molar-refractivity contribution in [3.05, 3.63) is 24.3 Å². The Labute approximate surface area is 122 Å². The lowest BCUT2D eigenvalue weighted by Crippen LogP contribution is -2.34. The van der Waals surface area contributed by atoms with Crippen molar-refractivity contribution >= 4 is 34.8 Å². The summed E-state index contributed by atoms with van der Waals surface area (Å²) < 4.78 is 11.4. The van der Waals surface area contributed by atoms with Gasteiger partial charge in [0.1, 0.15) is 0 Å². The monoisotopic (exact) mass is 302 g/mol. The zero-order chi connectivity index (χ0) is 13.0. The summed E-state index contributed by atoms with van der Waals surface area (Å²) in [7, 11) is -1.02. The molecule has 2 rings (SSSR count). The number of piperidine rings is 1. The standard InChI is InChI=1S/C13H18N2O2S.ClH/c1-18(17)12-4-2-3-11(9-12)15-13(16)10-5-7-14-8-6-10;/h2-4,9-10,14H,5-8H2,1H3,(H,15,16);1H. The van der Waals surface area contributed by atoms with E-state index in [1.54, 1.807) is 18.4 Å². The maximum absolute atomic E-state index is 12.0. The van der Waals surface area contributed by atoms with Gasteiger partial charge in [0, 0.05) is 33.6 Å². The number of hydrogen-bond acceptors (Lipinski definition) is 3. The molecule has 1 atom stereocenters. The first kappa shape index (κ1) is 16.1. The average Bonchev–Trinajstić information content (AvgIpc) is 2.40. The molecule has 0 aliphatic carbocycles. The van der Waals surface area contributed by atoms with Crippen molar-refractivity contribution in [2.75, 3.05) is 24.7 Å². The molecule has 1 heterocycles. The first-order chi connectivity index (χ1) is 8.66. The predicted octanol–water partition coefficient (Wildman–Crippen LogP) is 1.78. The van der Waals surface area contributed by atoms with Gasteiger partial charge in [-0.1, -0.05) is 6.07 Å². The second-order valence-corrected chi connectivity index (χ2v) is 5.88. The van der Waals surface area contributed by atoms with Gasteiger partial charge in [0.25, 0.3) is 0 Å². The van der Waals surface area contributed by atoms with E-state index in [0.717, 1.165) is 36.5 Å². The Bertz CT molecular complexity index is 462. The van der Waals surface area contributed by atoms with E-state index in [-0.39, 0.29) is 24.2 Å². The zero-order valence-electron chi connectivity index (χ0n) is 10.8. The molecule has 1 fully saturated rings. The van der Waals surface area contributed by atoms with Crippen LogP contribution >= 0.6 is 12.4 Å². The highest BCUT2D eigenvalue weighted by molar-refractivity contribution is 7.84. The Morgan fingerprint density at radius 2 is 2.05 bits per heavy atom. The van der Waals surface area contributed by atoms with Crippen molar-refractivity contribution < 1.29 is 9.00 Å². The molecule has 0 aromatic heterocycles. The number of amides is 1. The van der Waals surface area contributed by atoms with E-state index in [4.69, 9.17) is 0 Å². The molecule has 2 N–H and O–H groups in total. The minimum Gasteiger partial charge on any atom is -0.326 e. The van der Waals surface area contributed by atoms with Crippen molar-refractivity contribution in [1.82, 2.24) is 5.32 Å². The van der Waals surface area contributed by atoms with E-state index in [1.807, 2.05) is 12.1 Å². The fourth-order valence-electron chi connectivity index (χ4n) is 2.08. The summed E-state index contributed by atoms with van der Waals surface area (Å²) in [4.78, 5) is 12.8. The van der Waals surface area contributed by atoms with Gasteiger partial charge in [-0.25, -0.2) is 0 Å². The Hall–Kier alpha value is -0.910. The fourth-order valence-corrected chi connectivity index (χ4v) is 2.64. The summed E-state index contributed by atoms with van der Waals surface area (Å²) in [6.07, 6.45) is 3.39. The highest BCUT2D eigenvalue weighted by atomic mass is 35.5. The van der Waals surface area contributed by atoms with Gasteiger partial charge in [-0.2, -0.15) is 0 Å². The molecule has 1 aromatic carbocycles. The van der Waals surface area contributed by atoms with Crippen LogP contribution in [0.1, 0.15) is 12.8 Å². The third-order valence-corrected chi connectivity index (χ3v) is 4.06. The molecule has 0 radical (unpaired) electrons. The van der Waals surface area contributed by atoms with Gasteiger partial charge < -0.3 is 10.6 Å². The van der Waals surface area contributed by atoms with E-state index in [2.05, 4.69) is 10.6 Å². The maximum Gasteiger partial charge on any atom is 0.227 e. The van der Waals surface area contributed by atoms with Crippen LogP contribution in [-0.2, 0) is 15.6 Å². The quantitative estimate of drug-likeness (QED) is 0.895. The average molecular weight is 303 g/mol.